The van der Waals surface area contributed by atoms with E-state index in [9.17, 15) is 13.2 Å². The van der Waals surface area contributed by atoms with E-state index >= 15 is 0 Å². The zero-order valence-electron chi connectivity index (χ0n) is 16.1. The van der Waals surface area contributed by atoms with Gasteiger partial charge in [-0.1, -0.05) is 35.9 Å². The van der Waals surface area contributed by atoms with E-state index in [1.54, 1.807) is 42.6 Å². The molecule has 2 aromatic carbocycles. The van der Waals surface area contributed by atoms with Gasteiger partial charge in [-0.3, -0.25) is 9.48 Å². The molecule has 3 aromatic rings. The number of carbonyl (C=O) groups is 1. The van der Waals surface area contributed by atoms with Crippen LogP contribution in [0.2, 0.25) is 5.02 Å². The van der Waals surface area contributed by atoms with Gasteiger partial charge < -0.3 is 5.32 Å². The molecule has 0 bridgehead atoms. The molecule has 30 heavy (non-hydrogen) atoms. The van der Waals surface area contributed by atoms with Gasteiger partial charge in [0.2, 0.25) is 15.9 Å². The van der Waals surface area contributed by atoms with Gasteiger partial charge in [0, 0.05) is 28.0 Å². The molecule has 9 heteroatoms. The molecule has 1 amide bonds. The van der Waals surface area contributed by atoms with Crippen LogP contribution in [-0.4, -0.2) is 24.1 Å². The third kappa shape index (κ3) is 4.40. The summed E-state index contributed by atoms with van der Waals surface area (Å²) in [5, 5.41) is 13.0. The SMILES string of the molecule is NS(=O)(=O)c1cc(NC(=O)Cc2ccccc2Cl)ccc1-c1cnn(C2CCC2)c1. The van der Waals surface area contributed by atoms with Crippen molar-refractivity contribution in [2.45, 2.75) is 36.6 Å². The predicted molar refractivity (Wildman–Crippen MR) is 116 cm³/mol. The van der Waals surface area contributed by atoms with Gasteiger partial charge >= 0.3 is 0 Å². The third-order valence-corrected chi connectivity index (χ3v) is 6.56. The lowest BCUT2D eigenvalue weighted by molar-refractivity contribution is -0.115. The Labute approximate surface area is 179 Å². The van der Waals surface area contributed by atoms with Crippen LogP contribution >= 0.6 is 11.6 Å². The lowest BCUT2D eigenvalue weighted by atomic mass is 9.93. The van der Waals surface area contributed by atoms with Crippen LogP contribution in [0.25, 0.3) is 11.1 Å². The smallest absolute Gasteiger partial charge is 0.238 e. The topological polar surface area (TPSA) is 107 Å². The Bertz CT molecular complexity index is 1200. The van der Waals surface area contributed by atoms with Crippen LogP contribution in [0.5, 0.6) is 0 Å². The highest BCUT2D eigenvalue weighted by Crippen LogP contribution is 2.34. The van der Waals surface area contributed by atoms with E-state index in [2.05, 4.69) is 10.4 Å². The quantitative estimate of drug-likeness (QED) is 0.603. The largest absolute Gasteiger partial charge is 0.326 e. The monoisotopic (exact) mass is 444 g/mol. The standard InChI is InChI=1S/C21H21ClN4O3S/c22-19-7-2-1-4-14(19)10-21(27)25-16-8-9-18(20(11-16)30(23,28)29)15-12-24-26(13-15)17-5-3-6-17/h1-2,4,7-9,11-13,17H,3,5-6,10H2,(H,25,27)(H2,23,28,29). The van der Waals surface area contributed by atoms with Crippen LogP contribution in [0.3, 0.4) is 0 Å². The van der Waals surface area contributed by atoms with Gasteiger partial charge in [0.15, 0.2) is 0 Å². The van der Waals surface area contributed by atoms with Crippen molar-refractivity contribution in [3.8, 4) is 11.1 Å². The summed E-state index contributed by atoms with van der Waals surface area (Å²) in [5.41, 5.74) is 2.14. The Morgan fingerprint density at radius 3 is 2.67 bits per heavy atom. The number of halogens is 1. The van der Waals surface area contributed by atoms with Crippen LogP contribution in [0.15, 0.2) is 59.8 Å². The Balaban J connectivity index is 1.59. The van der Waals surface area contributed by atoms with Crippen molar-refractivity contribution in [3.63, 3.8) is 0 Å². The van der Waals surface area contributed by atoms with Crippen LogP contribution in [0, 0.1) is 0 Å². The van der Waals surface area contributed by atoms with Crippen molar-refractivity contribution in [3.05, 3.63) is 65.4 Å². The molecule has 1 aromatic heterocycles. The molecule has 0 saturated heterocycles. The van der Waals surface area contributed by atoms with E-state index in [0.29, 0.717) is 33.4 Å². The highest BCUT2D eigenvalue weighted by Gasteiger charge is 2.22. The number of hydrogen-bond acceptors (Lipinski definition) is 4. The second-order valence-corrected chi connectivity index (χ2v) is 9.30. The van der Waals surface area contributed by atoms with Gasteiger partial charge in [-0.05, 0) is 43.0 Å². The molecular weight excluding hydrogens is 424 g/mol. The number of nitrogens with two attached hydrogens (primary N) is 1. The summed E-state index contributed by atoms with van der Waals surface area (Å²) in [5.74, 6) is -0.311. The Kier molecular flexibility index (Phi) is 5.64. The van der Waals surface area contributed by atoms with Crippen molar-refractivity contribution in [1.82, 2.24) is 9.78 Å². The van der Waals surface area contributed by atoms with Crippen LogP contribution in [0.1, 0.15) is 30.9 Å². The summed E-state index contributed by atoms with van der Waals surface area (Å²) >= 11 is 6.10. The average molecular weight is 445 g/mol. The normalized spacial score (nSPS) is 14.3. The fourth-order valence-electron chi connectivity index (χ4n) is 3.42. The molecule has 1 heterocycles. The fraction of sp³-hybridized carbons (Fsp3) is 0.238. The number of amides is 1. The number of aromatic nitrogens is 2. The van der Waals surface area contributed by atoms with E-state index in [1.807, 2.05) is 10.9 Å². The average Bonchev–Trinajstić information content (AvgIpc) is 3.10. The Morgan fingerprint density at radius 1 is 1.23 bits per heavy atom. The van der Waals surface area contributed by atoms with E-state index in [4.69, 9.17) is 16.7 Å². The first-order chi connectivity index (χ1) is 14.3. The highest BCUT2D eigenvalue weighted by molar-refractivity contribution is 7.89. The van der Waals surface area contributed by atoms with Gasteiger partial charge in [-0.25, -0.2) is 13.6 Å². The highest BCUT2D eigenvalue weighted by atomic mass is 35.5. The second kappa shape index (κ2) is 8.22. The van der Waals surface area contributed by atoms with Crippen LogP contribution in [0.4, 0.5) is 5.69 Å². The summed E-state index contributed by atoms with van der Waals surface area (Å²) < 4.78 is 26.3. The number of rotatable bonds is 6. The summed E-state index contributed by atoms with van der Waals surface area (Å²) in [6.45, 7) is 0. The minimum absolute atomic E-state index is 0.0637. The molecule has 1 saturated carbocycles. The third-order valence-electron chi connectivity index (χ3n) is 5.24. The summed E-state index contributed by atoms with van der Waals surface area (Å²) in [4.78, 5) is 12.3. The van der Waals surface area contributed by atoms with Crippen molar-refractivity contribution in [2.75, 3.05) is 5.32 Å². The first-order valence-corrected chi connectivity index (χ1v) is 11.5. The van der Waals surface area contributed by atoms with Crippen molar-refractivity contribution in [2.24, 2.45) is 5.14 Å². The lowest BCUT2D eigenvalue weighted by Crippen LogP contribution is -2.17. The lowest BCUT2D eigenvalue weighted by Gasteiger charge is -2.25. The minimum Gasteiger partial charge on any atom is -0.326 e. The Hall–Kier alpha value is -2.68. The number of sulfonamides is 1. The Morgan fingerprint density at radius 2 is 2.00 bits per heavy atom. The van der Waals surface area contributed by atoms with Crippen molar-refractivity contribution in [1.29, 1.82) is 0 Å². The number of hydrogen-bond donors (Lipinski definition) is 2. The first-order valence-electron chi connectivity index (χ1n) is 9.56. The maximum Gasteiger partial charge on any atom is 0.238 e. The molecular formula is C21H21ClN4O3S. The van der Waals surface area contributed by atoms with E-state index < -0.39 is 10.0 Å². The number of nitrogens with one attached hydrogen (secondary N) is 1. The minimum atomic E-state index is -4.02. The number of primary sulfonamides is 1. The summed E-state index contributed by atoms with van der Waals surface area (Å²) in [6, 6.07) is 12.1. The zero-order chi connectivity index (χ0) is 21.3. The van der Waals surface area contributed by atoms with Crippen molar-refractivity contribution < 1.29 is 13.2 Å². The first kappa shape index (κ1) is 20.6. The molecule has 1 fully saturated rings. The van der Waals surface area contributed by atoms with E-state index in [0.717, 1.165) is 12.8 Å². The van der Waals surface area contributed by atoms with Gasteiger partial charge in [-0.15, -0.1) is 0 Å². The molecule has 0 spiro atoms. The molecule has 0 atom stereocenters. The maximum absolute atomic E-state index is 12.4. The van der Waals surface area contributed by atoms with Gasteiger partial charge in [-0.2, -0.15) is 5.10 Å². The molecule has 1 aliphatic carbocycles. The molecule has 7 nitrogen and oxygen atoms in total. The van der Waals surface area contributed by atoms with Gasteiger partial charge in [0.05, 0.1) is 23.6 Å². The zero-order valence-corrected chi connectivity index (χ0v) is 17.7. The summed E-state index contributed by atoms with van der Waals surface area (Å²) in [6.07, 6.45) is 6.85. The molecule has 4 rings (SSSR count). The fourth-order valence-corrected chi connectivity index (χ4v) is 4.41. The molecule has 0 radical (unpaired) electrons. The molecule has 156 valence electrons. The number of nitrogens with zero attached hydrogens (tertiary/aromatic N) is 2. The number of carbonyl (C=O) groups excluding carboxylic acids is 1. The second-order valence-electron chi connectivity index (χ2n) is 7.37. The van der Waals surface area contributed by atoms with Gasteiger partial charge in [0.25, 0.3) is 0 Å². The molecule has 1 aliphatic rings. The van der Waals surface area contributed by atoms with Crippen molar-refractivity contribution >= 4 is 33.2 Å². The number of anilines is 1. The van der Waals surface area contributed by atoms with E-state index in [1.165, 1.54) is 12.5 Å². The van der Waals surface area contributed by atoms with Gasteiger partial charge in [0.1, 0.15) is 0 Å². The van der Waals surface area contributed by atoms with Crippen LogP contribution < -0.4 is 10.5 Å². The summed E-state index contributed by atoms with van der Waals surface area (Å²) in [7, 11) is -4.02. The van der Waals surface area contributed by atoms with Crippen LogP contribution in [-0.2, 0) is 21.2 Å². The molecule has 0 aliphatic heterocycles. The predicted octanol–water partition coefficient (Wildman–Crippen LogP) is 3.76. The maximum atomic E-state index is 12.4. The molecule has 3 N–H and O–H groups in total. The van der Waals surface area contributed by atoms with E-state index in [-0.39, 0.29) is 17.2 Å². The molecule has 0 unspecified atom stereocenters. The number of benzene rings is 2.